The van der Waals surface area contributed by atoms with Crippen molar-refractivity contribution in [3.8, 4) is 11.5 Å². The normalized spacial score (nSPS) is 11.7. The zero-order valence-corrected chi connectivity index (χ0v) is 17.9. The fourth-order valence-electron chi connectivity index (χ4n) is 2.59. The van der Waals surface area contributed by atoms with Gasteiger partial charge in [0.2, 0.25) is 0 Å². The van der Waals surface area contributed by atoms with Crippen molar-refractivity contribution in [2.24, 2.45) is 0 Å². The van der Waals surface area contributed by atoms with Crippen LogP contribution in [0.25, 0.3) is 0 Å². The molecule has 0 radical (unpaired) electrons. The third kappa shape index (κ3) is 7.61. The second-order valence-electron chi connectivity index (χ2n) is 6.61. The van der Waals surface area contributed by atoms with Gasteiger partial charge in [-0.2, -0.15) is 0 Å². The van der Waals surface area contributed by atoms with Crippen molar-refractivity contribution >= 4 is 34.8 Å². The molecule has 0 bridgehead atoms. The minimum absolute atomic E-state index is 0.268. The van der Waals surface area contributed by atoms with Gasteiger partial charge < -0.3 is 14.8 Å². The Morgan fingerprint density at radius 3 is 2.43 bits per heavy atom. The number of amides is 1. The average molecular weight is 424 g/mol. The minimum Gasteiger partial charge on any atom is -0.494 e. The van der Waals surface area contributed by atoms with E-state index in [1.54, 1.807) is 25.1 Å². The van der Waals surface area contributed by atoms with Crippen molar-refractivity contribution < 1.29 is 14.3 Å². The highest BCUT2D eigenvalue weighted by Gasteiger charge is 2.16. The van der Waals surface area contributed by atoms with E-state index in [1.807, 2.05) is 24.3 Å². The Hall–Kier alpha value is -1.91. The monoisotopic (exact) mass is 423 g/mol. The average Bonchev–Trinajstić information content (AvgIpc) is 2.68. The van der Waals surface area contributed by atoms with Gasteiger partial charge in [-0.05, 0) is 55.8 Å². The van der Waals surface area contributed by atoms with E-state index in [2.05, 4.69) is 12.2 Å². The highest BCUT2D eigenvalue weighted by atomic mass is 35.5. The van der Waals surface area contributed by atoms with Crippen molar-refractivity contribution in [3.05, 3.63) is 52.5 Å². The third-order valence-electron chi connectivity index (χ3n) is 4.21. The molecule has 0 saturated carbocycles. The SMILES string of the molecule is CCCCCCCOc1ccc(NC(=O)C(C)Oc2ccc(Cl)cc2Cl)cc1. The Bertz CT molecular complexity index is 750. The number of unbranched alkanes of at least 4 members (excludes halogenated alkanes) is 4. The van der Waals surface area contributed by atoms with Crippen LogP contribution < -0.4 is 14.8 Å². The maximum Gasteiger partial charge on any atom is 0.265 e. The Morgan fingerprint density at radius 2 is 1.75 bits per heavy atom. The van der Waals surface area contributed by atoms with Crippen LogP contribution in [0.1, 0.15) is 46.0 Å². The van der Waals surface area contributed by atoms with Crippen molar-refractivity contribution in [2.75, 3.05) is 11.9 Å². The number of nitrogens with one attached hydrogen (secondary N) is 1. The van der Waals surface area contributed by atoms with E-state index in [-0.39, 0.29) is 5.91 Å². The number of hydrogen-bond acceptors (Lipinski definition) is 3. The Balaban J connectivity index is 1.78. The fourth-order valence-corrected chi connectivity index (χ4v) is 3.04. The molecule has 2 rings (SSSR count). The largest absolute Gasteiger partial charge is 0.494 e. The van der Waals surface area contributed by atoms with Gasteiger partial charge in [-0.1, -0.05) is 55.8 Å². The lowest BCUT2D eigenvalue weighted by Crippen LogP contribution is -2.30. The van der Waals surface area contributed by atoms with Crippen LogP contribution >= 0.6 is 23.2 Å². The van der Waals surface area contributed by atoms with E-state index in [1.165, 1.54) is 25.7 Å². The van der Waals surface area contributed by atoms with Gasteiger partial charge in [0.15, 0.2) is 6.10 Å². The summed E-state index contributed by atoms with van der Waals surface area (Å²) in [4.78, 5) is 12.3. The molecule has 1 N–H and O–H groups in total. The molecule has 0 spiro atoms. The number of carbonyl (C=O) groups is 1. The van der Waals surface area contributed by atoms with Gasteiger partial charge in [0, 0.05) is 10.7 Å². The van der Waals surface area contributed by atoms with Gasteiger partial charge in [0.25, 0.3) is 5.91 Å². The van der Waals surface area contributed by atoms with Crippen molar-refractivity contribution in [3.63, 3.8) is 0 Å². The first-order chi connectivity index (χ1) is 13.5. The molecule has 1 amide bonds. The Labute approximate surface area is 177 Å². The first-order valence-electron chi connectivity index (χ1n) is 9.65. The van der Waals surface area contributed by atoms with Crippen LogP contribution in [-0.4, -0.2) is 18.6 Å². The molecule has 152 valence electrons. The summed E-state index contributed by atoms with van der Waals surface area (Å²) in [5, 5.41) is 3.70. The molecule has 6 heteroatoms. The van der Waals surface area contributed by atoms with Crippen LogP contribution in [-0.2, 0) is 4.79 Å². The molecule has 0 aliphatic rings. The van der Waals surface area contributed by atoms with Gasteiger partial charge in [0.05, 0.1) is 11.6 Å². The molecular weight excluding hydrogens is 397 g/mol. The van der Waals surface area contributed by atoms with E-state index in [0.717, 1.165) is 12.2 Å². The van der Waals surface area contributed by atoms with E-state index in [0.29, 0.717) is 28.1 Å². The summed E-state index contributed by atoms with van der Waals surface area (Å²) in [6.07, 6.45) is 5.31. The topological polar surface area (TPSA) is 47.6 Å². The van der Waals surface area contributed by atoms with E-state index >= 15 is 0 Å². The number of rotatable bonds is 11. The molecule has 1 atom stereocenters. The van der Waals surface area contributed by atoms with Crippen LogP contribution in [0.15, 0.2) is 42.5 Å². The van der Waals surface area contributed by atoms with Gasteiger partial charge in [-0.15, -0.1) is 0 Å². The summed E-state index contributed by atoms with van der Waals surface area (Å²) in [6.45, 7) is 4.58. The molecule has 28 heavy (non-hydrogen) atoms. The minimum atomic E-state index is -0.710. The number of benzene rings is 2. The van der Waals surface area contributed by atoms with Crippen LogP contribution in [0.2, 0.25) is 10.0 Å². The van der Waals surface area contributed by atoms with Crippen molar-refractivity contribution in [1.82, 2.24) is 0 Å². The van der Waals surface area contributed by atoms with Gasteiger partial charge in [-0.25, -0.2) is 0 Å². The molecule has 0 saturated heterocycles. The molecule has 2 aromatic carbocycles. The molecule has 0 aromatic heterocycles. The van der Waals surface area contributed by atoms with E-state index in [4.69, 9.17) is 32.7 Å². The highest BCUT2D eigenvalue weighted by Crippen LogP contribution is 2.28. The number of ether oxygens (including phenoxy) is 2. The molecule has 2 aromatic rings. The number of hydrogen-bond donors (Lipinski definition) is 1. The number of anilines is 1. The zero-order chi connectivity index (χ0) is 20.4. The summed E-state index contributed by atoms with van der Waals surface area (Å²) in [5.41, 5.74) is 0.679. The van der Waals surface area contributed by atoms with Gasteiger partial charge in [0.1, 0.15) is 11.5 Å². The quantitative estimate of drug-likeness (QED) is 0.406. The fraction of sp³-hybridized carbons (Fsp3) is 0.409. The smallest absolute Gasteiger partial charge is 0.265 e. The standard InChI is InChI=1S/C22H27Cl2NO3/c1-3-4-5-6-7-14-27-19-11-9-18(10-12-19)25-22(26)16(2)28-21-13-8-17(23)15-20(21)24/h8-13,15-16H,3-7,14H2,1-2H3,(H,25,26). The predicted molar refractivity (Wildman–Crippen MR) is 116 cm³/mol. The second-order valence-corrected chi connectivity index (χ2v) is 7.45. The molecular formula is C22H27Cl2NO3. The first kappa shape index (κ1) is 22.4. The van der Waals surface area contributed by atoms with Crippen LogP contribution in [0.3, 0.4) is 0 Å². The Kier molecular flexibility index (Phi) is 9.45. The molecule has 0 aliphatic carbocycles. The lowest BCUT2D eigenvalue weighted by Gasteiger charge is -2.16. The van der Waals surface area contributed by atoms with Crippen molar-refractivity contribution in [1.29, 1.82) is 0 Å². The molecule has 0 aliphatic heterocycles. The highest BCUT2D eigenvalue weighted by molar-refractivity contribution is 6.35. The third-order valence-corrected chi connectivity index (χ3v) is 4.74. The van der Waals surface area contributed by atoms with Gasteiger partial charge in [-0.3, -0.25) is 4.79 Å². The lowest BCUT2D eigenvalue weighted by atomic mass is 10.2. The number of carbonyl (C=O) groups excluding carboxylic acids is 1. The van der Waals surface area contributed by atoms with E-state index < -0.39 is 6.10 Å². The molecule has 1 unspecified atom stereocenters. The van der Waals surface area contributed by atoms with Crippen molar-refractivity contribution in [2.45, 2.75) is 52.1 Å². The maximum absolute atomic E-state index is 12.3. The second kappa shape index (κ2) is 11.8. The van der Waals surface area contributed by atoms with Crippen LogP contribution in [0.4, 0.5) is 5.69 Å². The summed E-state index contributed by atoms with van der Waals surface area (Å²) in [7, 11) is 0. The summed E-state index contributed by atoms with van der Waals surface area (Å²) in [6, 6.07) is 12.2. The van der Waals surface area contributed by atoms with E-state index in [9.17, 15) is 4.79 Å². The summed E-state index contributed by atoms with van der Waals surface area (Å²) in [5.74, 6) is 0.942. The molecule has 0 fully saturated rings. The summed E-state index contributed by atoms with van der Waals surface area (Å²) >= 11 is 11.9. The molecule has 4 nitrogen and oxygen atoms in total. The zero-order valence-electron chi connectivity index (χ0n) is 16.3. The summed E-state index contributed by atoms with van der Waals surface area (Å²) < 4.78 is 11.4. The lowest BCUT2D eigenvalue weighted by molar-refractivity contribution is -0.122. The number of halogens is 2. The Morgan fingerprint density at radius 1 is 1.04 bits per heavy atom. The van der Waals surface area contributed by atoms with Crippen LogP contribution in [0.5, 0.6) is 11.5 Å². The first-order valence-corrected chi connectivity index (χ1v) is 10.4. The maximum atomic E-state index is 12.3. The predicted octanol–water partition coefficient (Wildman–Crippen LogP) is 6.75. The molecule has 0 heterocycles. The van der Waals surface area contributed by atoms with Gasteiger partial charge >= 0.3 is 0 Å². The van der Waals surface area contributed by atoms with Crippen LogP contribution in [0, 0.1) is 0 Å².